The molecule has 0 radical (unpaired) electrons. The lowest BCUT2D eigenvalue weighted by molar-refractivity contribution is 0.624. The minimum absolute atomic E-state index is 0.978. The highest BCUT2D eigenvalue weighted by atomic mass is 35.7. The van der Waals surface area contributed by atoms with E-state index < -0.39 is 6.69 Å². The van der Waals surface area contributed by atoms with Gasteiger partial charge in [0.25, 0.3) is 6.69 Å². The van der Waals surface area contributed by atoms with Crippen molar-refractivity contribution in [2.75, 3.05) is 0 Å². The Morgan fingerprint density at radius 1 is 0.882 bits per heavy atom. The van der Waals surface area contributed by atoms with E-state index in [0.717, 1.165) is 17.7 Å². The quantitative estimate of drug-likeness (QED) is 0.352. The number of hydrogen-bond acceptors (Lipinski definition) is 0. The summed E-state index contributed by atoms with van der Waals surface area (Å²) in [6.45, 7) is 0.0375. The Balaban J connectivity index is 2.26. The van der Waals surface area contributed by atoms with Crippen molar-refractivity contribution in [2.45, 2.75) is 51.5 Å². The Labute approximate surface area is 116 Å². The van der Waals surface area contributed by atoms with Gasteiger partial charge >= 0.3 is 0 Å². The topological polar surface area (TPSA) is 0 Å². The van der Waals surface area contributed by atoms with Crippen molar-refractivity contribution in [3.63, 3.8) is 0 Å². The van der Waals surface area contributed by atoms with Gasteiger partial charge in [-0.1, -0.05) is 75.8 Å². The van der Waals surface area contributed by atoms with Gasteiger partial charge in [-0.05, 0) is 11.2 Å². The summed E-state index contributed by atoms with van der Waals surface area (Å²) >= 11 is 13.0. The molecule has 96 valence electrons. The maximum absolute atomic E-state index is 6.51. The first-order chi connectivity index (χ1) is 8.17. The van der Waals surface area contributed by atoms with Crippen LogP contribution < -0.4 is 5.19 Å². The second-order valence-electron chi connectivity index (χ2n) is 4.59. The molecule has 0 fully saturated rings. The van der Waals surface area contributed by atoms with E-state index in [4.69, 9.17) is 22.2 Å². The molecule has 1 aromatic rings. The number of rotatable bonds is 8. The van der Waals surface area contributed by atoms with E-state index in [1.54, 1.807) is 0 Å². The molecular formula is C14H22Cl2Si. The fourth-order valence-corrected chi connectivity index (χ4v) is 5.17. The standard InChI is InChI=1S/C14H22Cl2Si/c1-2-3-4-5-6-10-13-17(15,16)14-11-8-7-9-12-14/h7-9,11-12H,2-6,10,13H2,1H3. The van der Waals surface area contributed by atoms with Crippen LogP contribution in [0.1, 0.15) is 45.4 Å². The van der Waals surface area contributed by atoms with Crippen molar-refractivity contribution in [1.29, 1.82) is 0 Å². The molecule has 0 aliphatic rings. The van der Waals surface area contributed by atoms with Crippen LogP contribution in [0, 0.1) is 0 Å². The maximum atomic E-state index is 6.51. The molecule has 0 amide bonds. The number of unbranched alkanes of at least 4 members (excludes halogenated alkanes) is 5. The summed E-state index contributed by atoms with van der Waals surface area (Å²) in [5, 5.41) is 1.15. The molecule has 0 saturated carbocycles. The van der Waals surface area contributed by atoms with Crippen LogP contribution in [0.4, 0.5) is 0 Å². The van der Waals surface area contributed by atoms with E-state index in [1.807, 2.05) is 18.2 Å². The van der Waals surface area contributed by atoms with Crippen LogP contribution in [0.15, 0.2) is 30.3 Å². The fourth-order valence-electron chi connectivity index (χ4n) is 1.95. The van der Waals surface area contributed by atoms with Crippen LogP contribution in [0.5, 0.6) is 0 Å². The highest BCUT2D eigenvalue weighted by Crippen LogP contribution is 2.23. The molecule has 0 aliphatic carbocycles. The molecule has 0 aliphatic heterocycles. The molecule has 1 aromatic carbocycles. The predicted molar refractivity (Wildman–Crippen MR) is 81.7 cm³/mol. The third kappa shape index (κ3) is 5.94. The van der Waals surface area contributed by atoms with Crippen molar-refractivity contribution in [2.24, 2.45) is 0 Å². The van der Waals surface area contributed by atoms with Crippen molar-refractivity contribution in [3.05, 3.63) is 30.3 Å². The Morgan fingerprint density at radius 3 is 2.12 bits per heavy atom. The third-order valence-electron chi connectivity index (χ3n) is 3.04. The van der Waals surface area contributed by atoms with Gasteiger partial charge in [0, 0.05) is 0 Å². The van der Waals surface area contributed by atoms with Crippen LogP contribution in [-0.4, -0.2) is 6.69 Å². The van der Waals surface area contributed by atoms with E-state index >= 15 is 0 Å². The van der Waals surface area contributed by atoms with Crippen LogP contribution in [0.3, 0.4) is 0 Å². The van der Waals surface area contributed by atoms with Gasteiger partial charge < -0.3 is 0 Å². The van der Waals surface area contributed by atoms with Gasteiger partial charge in [0.05, 0.1) is 0 Å². The zero-order chi connectivity index (χ0) is 12.6. The lowest BCUT2D eigenvalue weighted by atomic mass is 10.1. The van der Waals surface area contributed by atoms with Gasteiger partial charge in [-0.3, -0.25) is 0 Å². The van der Waals surface area contributed by atoms with E-state index in [0.29, 0.717) is 0 Å². The highest BCUT2D eigenvalue weighted by molar-refractivity contribution is 7.50. The SMILES string of the molecule is CCCCCCCC[Si](Cl)(Cl)c1ccccc1. The number of hydrogen-bond donors (Lipinski definition) is 0. The average Bonchev–Trinajstić information content (AvgIpc) is 2.35. The normalized spacial score (nSPS) is 11.7. The second kappa shape index (κ2) is 8.18. The Kier molecular flexibility index (Phi) is 7.25. The predicted octanol–water partition coefficient (Wildman–Crippen LogP) is 5.17. The van der Waals surface area contributed by atoms with E-state index in [-0.39, 0.29) is 0 Å². The molecule has 0 aromatic heterocycles. The summed E-state index contributed by atoms with van der Waals surface area (Å²) in [6.07, 6.45) is 7.75. The zero-order valence-corrected chi connectivity index (χ0v) is 13.1. The van der Waals surface area contributed by atoms with E-state index in [9.17, 15) is 0 Å². The third-order valence-corrected chi connectivity index (χ3v) is 7.64. The summed E-state index contributed by atoms with van der Waals surface area (Å²) in [4.78, 5) is 0. The van der Waals surface area contributed by atoms with Crippen LogP contribution >= 0.6 is 22.2 Å². The fraction of sp³-hybridized carbons (Fsp3) is 0.571. The molecule has 1 rings (SSSR count). The van der Waals surface area contributed by atoms with Gasteiger partial charge in [0.2, 0.25) is 0 Å². The number of halogens is 2. The van der Waals surface area contributed by atoms with Gasteiger partial charge in [-0.15, -0.1) is 22.2 Å². The van der Waals surface area contributed by atoms with Crippen molar-refractivity contribution >= 4 is 34.0 Å². The molecule has 17 heavy (non-hydrogen) atoms. The summed E-state index contributed by atoms with van der Waals surface area (Å²) in [5.41, 5.74) is 0. The first-order valence-electron chi connectivity index (χ1n) is 6.60. The molecule has 0 nitrogen and oxygen atoms in total. The van der Waals surface area contributed by atoms with Crippen molar-refractivity contribution in [3.8, 4) is 0 Å². The van der Waals surface area contributed by atoms with Crippen molar-refractivity contribution < 1.29 is 0 Å². The monoisotopic (exact) mass is 288 g/mol. The smallest absolute Gasteiger partial charge is 0.140 e. The summed E-state index contributed by atoms with van der Waals surface area (Å²) in [6, 6.07) is 11.1. The van der Waals surface area contributed by atoms with Crippen LogP contribution in [0.25, 0.3) is 0 Å². The van der Waals surface area contributed by atoms with Crippen molar-refractivity contribution in [1.82, 2.24) is 0 Å². The lowest BCUT2D eigenvalue weighted by Gasteiger charge is -2.16. The first-order valence-corrected chi connectivity index (χ1v) is 10.8. The Morgan fingerprint density at radius 2 is 1.47 bits per heavy atom. The molecule has 0 unspecified atom stereocenters. The molecule has 0 atom stereocenters. The minimum atomic E-state index is -2.20. The minimum Gasteiger partial charge on any atom is -0.140 e. The Bertz CT molecular complexity index is 298. The van der Waals surface area contributed by atoms with Crippen LogP contribution in [-0.2, 0) is 0 Å². The van der Waals surface area contributed by atoms with Crippen LogP contribution in [0.2, 0.25) is 6.04 Å². The average molecular weight is 289 g/mol. The van der Waals surface area contributed by atoms with Gasteiger partial charge in [0.15, 0.2) is 0 Å². The van der Waals surface area contributed by atoms with Gasteiger partial charge in [-0.25, -0.2) is 0 Å². The van der Waals surface area contributed by atoms with E-state index in [1.165, 1.54) is 32.1 Å². The van der Waals surface area contributed by atoms with E-state index in [2.05, 4.69) is 19.1 Å². The largest absolute Gasteiger partial charge is 0.280 e. The molecular weight excluding hydrogens is 267 g/mol. The molecule has 0 saturated heterocycles. The maximum Gasteiger partial charge on any atom is 0.280 e. The zero-order valence-electron chi connectivity index (χ0n) is 10.6. The lowest BCUT2D eigenvalue weighted by Crippen LogP contribution is -2.35. The molecule has 0 bridgehead atoms. The molecule has 3 heteroatoms. The summed E-state index contributed by atoms with van der Waals surface area (Å²) in [7, 11) is 0. The first kappa shape index (κ1) is 15.1. The molecule has 0 heterocycles. The highest BCUT2D eigenvalue weighted by Gasteiger charge is 2.29. The Hall–Kier alpha value is 0.0169. The second-order valence-corrected chi connectivity index (χ2v) is 11.5. The van der Waals surface area contributed by atoms with Gasteiger partial charge in [0.1, 0.15) is 0 Å². The molecule has 0 spiro atoms. The van der Waals surface area contributed by atoms with Gasteiger partial charge in [-0.2, -0.15) is 0 Å². The molecule has 0 N–H and O–H groups in total. The summed E-state index contributed by atoms with van der Waals surface area (Å²) in [5.74, 6) is 0. The number of benzene rings is 1. The summed E-state index contributed by atoms with van der Waals surface area (Å²) < 4.78 is 0.